The second-order valence-electron chi connectivity index (χ2n) is 4.20. The number of methoxy groups -OCH3 is 2. The second kappa shape index (κ2) is 5.14. The molecule has 0 spiro atoms. The predicted molar refractivity (Wildman–Crippen MR) is 69.7 cm³/mol. The Morgan fingerprint density at radius 3 is 2.47 bits per heavy atom. The van der Waals surface area contributed by atoms with Crippen LogP contribution in [0.15, 0.2) is 36.0 Å². The number of carbonyl (C=O) groups is 2. The van der Waals surface area contributed by atoms with Crippen LogP contribution in [0.2, 0.25) is 0 Å². The van der Waals surface area contributed by atoms with Gasteiger partial charge in [-0.05, 0) is 11.6 Å². The van der Waals surface area contributed by atoms with Crippen LogP contribution >= 0.6 is 0 Å². The lowest BCUT2D eigenvalue weighted by Gasteiger charge is -2.29. The van der Waals surface area contributed by atoms with Crippen molar-refractivity contribution in [1.82, 2.24) is 0 Å². The predicted octanol–water partition coefficient (Wildman–Crippen LogP) is 1.45. The van der Waals surface area contributed by atoms with E-state index in [0.29, 0.717) is 0 Å². The summed E-state index contributed by atoms with van der Waals surface area (Å²) in [6.45, 7) is 0. The van der Waals surface area contributed by atoms with Gasteiger partial charge < -0.3 is 14.4 Å². The monoisotopic (exact) mass is 261 g/mol. The van der Waals surface area contributed by atoms with Crippen molar-refractivity contribution in [1.29, 1.82) is 0 Å². The number of carbonyl (C=O) groups excluding carboxylic acids is 2. The van der Waals surface area contributed by atoms with E-state index in [0.717, 1.165) is 11.3 Å². The molecule has 5 heteroatoms. The van der Waals surface area contributed by atoms with Gasteiger partial charge in [0.25, 0.3) is 0 Å². The molecule has 100 valence electrons. The van der Waals surface area contributed by atoms with Gasteiger partial charge in [-0.25, -0.2) is 4.79 Å². The number of fused-ring (bicyclic) bond motifs is 1. The second-order valence-corrected chi connectivity index (χ2v) is 4.20. The summed E-state index contributed by atoms with van der Waals surface area (Å²) in [5.41, 5.74) is 1.88. The maximum atomic E-state index is 12.0. The fraction of sp³-hybridized carbons (Fsp3) is 0.286. The van der Waals surface area contributed by atoms with Crippen LogP contribution in [0, 0.1) is 0 Å². The number of esters is 2. The van der Waals surface area contributed by atoms with Crippen molar-refractivity contribution in [3.8, 4) is 0 Å². The van der Waals surface area contributed by atoms with Crippen LogP contribution in [0.25, 0.3) is 0 Å². The summed E-state index contributed by atoms with van der Waals surface area (Å²) in [7, 11) is 4.41. The zero-order chi connectivity index (χ0) is 14.0. The van der Waals surface area contributed by atoms with Gasteiger partial charge in [-0.3, -0.25) is 4.79 Å². The van der Waals surface area contributed by atoms with Gasteiger partial charge in [0.05, 0.1) is 19.8 Å². The molecule has 5 nitrogen and oxygen atoms in total. The van der Waals surface area contributed by atoms with E-state index in [1.807, 2.05) is 31.3 Å². The van der Waals surface area contributed by atoms with Crippen molar-refractivity contribution in [2.45, 2.75) is 5.92 Å². The quantitative estimate of drug-likeness (QED) is 0.754. The molecule has 1 aliphatic rings. The van der Waals surface area contributed by atoms with Crippen LogP contribution in [0.3, 0.4) is 0 Å². The molecule has 0 aliphatic carbocycles. The van der Waals surface area contributed by atoms with Gasteiger partial charge in [0.1, 0.15) is 5.92 Å². The van der Waals surface area contributed by atoms with Gasteiger partial charge in [-0.2, -0.15) is 0 Å². The van der Waals surface area contributed by atoms with Gasteiger partial charge in [0.2, 0.25) is 0 Å². The first kappa shape index (κ1) is 13.1. The van der Waals surface area contributed by atoms with Gasteiger partial charge in [-0.1, -0.05) is 18.2 Å². The van der Waals surface area contributed by atoms with E-state index in [4.69, 9.17) is 9.47 Å². The molecule has 0 N–H and O–H groups in total. The summed E-state index contributed by atoms with van der Waals surface area (Å²) in [4.78, 5) is 25.6. The summed E-state index contributed by atoms with van der Waals surface area (Å²) in [5.74, 6) is -1.75. The SMILES string of the molecule is COC(=O)C1=CN(C)c2ccccc2[C@H]1C(=O)OC. The highest BCUT2D eigenvalue weighted by molar-refractivity contribution is 6.01. The molecule has 19 heavy (non-hydrogen) atoms. The zero-order valence-corrected chi connectivity index (χ0v) is 11.0. The molecule has 0 amide bonds. The molecular formula is C14H15NO4. The number of hydrogen-bond acceptors (Lipinski definition) is 5. The third-order valence-corrected chi connectivity index (χ3v) is 3.13. The molecule has 0 fully saturated rings. The maximum absolute atomic E-state index is 12.0. The van der Waals surface area contributed by atoms with E-state index in [-0.39, 0.29) is 5.57 Å². The number of ether oxygens (including phenoxy) is 2. The molecule has 1 aromatic carbocycles. The van der Waals surface area contributed by atoms with Gasteiger partial charge in [-0.15, -0.1) is 0 Å². The molecule has 2 rings (SSSR count). The van der Waals surface area contributed by atoms with Crippen LogP contribution in [0.5, 0.6) is 0 Å². The van der Waals surface area contributed by atoms with Crippen LogP contribution in [-0.2, 0) is 19.1 Å². The van der Waals surface area contributed by atoms with Crippen molar-refractivity contribution < 1.29 is 19.1 Å². The van der Waals surface area contributed by atoms with Crippen LogP contribution in [0.1, 0.15) is 11.5 Å². The number of benzene rings is 1. The van der Waals surface area contributed by atoms with E-state index >= 15 is 0 Å². The van der Waals surface area contributed by atoms with Gasteiger partial charge in [0.15, 0.2) is 0 Å². The van der Waals surface area contributed by atoms with E-state index in [1.54, 1.807) is 11.1 Å². The number of hydrogen-bond donors (Lipinski definition) is 0. The molecule has 0 saturated carbocycles. The normalized spacial score (nSPS) is 17.3. The van der Waals surface area contributed by atoms with Crippen LogP contribution in [-0.4, -0.2) is 33.2 Å². The summed E-state index contributed by atoms with van der Waals surface area (Å²) in [5, 5.41) is 0. The Bertz CT molecular complexity index is 550. The Morgan fingerprint density at radius 2 is 1.84 bits per heavy atom. The van der Waals surface area contributed by atoms with Crippen molar-refractivity contribution in [3.05, 3.63) is 41.6 Å². The molecule has 1 aromatic rings. The smallest absolute Gasteiger partial charge is 0.336 e. The number of para-hydroxylation sites is 1. The summed E-state index contributed by atoms with van der Waals surface area (Å²) < 4.78 is 9.54. The minimum atomic E-state index is -0.746. The van der Waals surface area contributed by atoms with Crippen molar-refractivity contribution >= 4 is 17.6 Å². The zero-order valence-electron chi connectivity index (χ0n) is 11.0. The highest BCUT2D eigenvalue weighted by Gasteiger charge is 2.36. The molecule has 1 heterocycles. The first-order valence-electron chi connectivity index (χ1n) is 5.79. The maximum Gasteiger partial charge on any atom is 0.336 e. The van der Waals surface area contributed by atoms with Gasteiger partial charge >= 0.3 is 11.9 Å². The summed E-state index contributed by atoms with van der Waals surface area (Å²) in [6, 6.07) is 7.39. The summed E-state index contributed by atoms with van der Waals surface area (Å²) in [6.07, 6.45) is 1.61. The minimum Gasteiger partial charge on any atom is -0.468 e. The topological polar surface area (TPSA) is 55.8 Å². The third-order valence-electron chi connectivity index (χ3n) is 3.13. The lowest BCUT2D eigenvalue weighted by molar-refractivity contribution is -0.144. The Labute approximate surface area is 111 Å². The molecule has 0 aromatic heterocycles. The van der Waals surface area contributed by atoms with Crippen molar-refractivity contribution in [2.75, 3.05) is 26.2 Å². The lowest BCUT2D eigenvalue weighted by atomic mass is 9.87. The molecule has 0 radical (unpaired) electrons. The number of anilines is 1. The van der Waals surface area contributed by atoms with Gasteiger partial charge in [0, 0.05) is 18.9 Å². The number of rotatable bonds is 2. The van der Waals surface area contributed by atoms with E-state index in [1.165, 1.54) is 14.2 Å². The fourth-order valence-electron chi connectivity index (χ4n) is 2.23. The first-order valence-corrected chi connectivity index (χ1v) is 5.79. The van der Waals surface area contributed by atoms with Crippen molar-refractivity contribution in [3.63, 3.8) is 0 Å². The Hall–Kier alpha value is -2.30. The highest BCUT2D eigenvalue weighted by Crippen LogP contribution is 2.38. The largest absolute Gasteiger partial charge is 0.468 e. The molecule has 0 bridgehead atoms. The molecular weight excluding hydrogens is 246 g/mol. The van der Waals surface area contributed by atoms with E-state index in [2.05, 4.69) is 0 Å². The molecule has 1 aliphatic heterocycles. The standard InChI is InChI=1S/C14H15NO4/c1-15-8-10(13(16)18-2)12(14(17)19-3)9-6-4-5-7-11(9)15/h4-8,12H,1-3H3/t12-/m1/s1. The lowest BCUT2D eigenvalue weighted by Crippen LogP contribution is -2.29. The van der Waals surface area contributed by atoms with E-state index in [9.17, 15) is 9.59 Å². The first-order chi connectivity index (χ1) is 9.10. The average molecular weight is 261 g/mol. The Kier molecular flexibility index (Phi) is 3.55. The Morgan fingerprint density at radius 1 is 1.16 bits per heavy atom. The average Bonchev–Trinajstić information content (AvgIpc) is 2.45. The fourth-order valence-corrected chi connectivity index (χ4v) is 2.23. The van der Waals surface area contributed by atoms with Crippen LogP contribution < -0.4 is 4.90 Å². The molecule has 0 unspecified atom stereocenters. The van der Waals surface area contributed by atoms with Crippen molar-refractivity contribution in [2.24, 2.45) is 0 Å². The Balaban J connectivity index is 2.57. The highest BCUT2D eigenvalue weighted by atomic mass is 16.5. The minimum absolute atomic E-state index is 0.274. The third kappa shape index (κ3) is 2.19. The van der Waals surface area contributed by atoms with Crippen LogP contribution in [0.4, 0.5) is 5.69 Å². The number of nitrogens with zero attached hydrogens (tertiary/aromatic N) is 1. The molecule has 1 atom stereocenters. The molecule has 0 saturated heterocycles. The summed E-state index contributed by atoms with van der Waals surface area (Å²) >= 11 is 0. The van der Waals surface area contributed by atoms with E-state index < -0.39 is 17.9 Å².